The van der Waals surface area contributed by atoms with E-state index in [1.807, 2.05) is 0 Å². The van der Waals surface area contributed by atoms with Gasteiger partial charge in [-0.25, -0.2) is 0 Å². The van der Waals surface area contributed by atoms with Crippen molar-refractivity contribution in [2.75, 3.05) is 26.2 Å². The third kappa shape index (κ3) is 4.54. The Morgan fingerprint density at radius 3 is 2.52 bits per heavy atom. The predicted molar refractivity (Wildman–Crippen MR) is 87.2 cm³/mol. The fraction of sp³-hybridized carbons (Fsp3) is 0.875. The molecule has 1 heterocycles. The van der Waals surface area contributed by atoms with E-state index in [0.29, 0.717) is 38.0 Å². The number of piperidine rings is 1. The number of hydrogen-bond donors (Lipinski definition) is 0. The fourth-order valence-electron chi connectivity index (χ4n) is 3.58. The molecular weight excluding hydrogens is 284 g/mol. The highest BCUT2D eigenvalue weighted by Gasteiger charge is 2.33. The van der Waals surface area contributed by atoms with Crippen molar-refractivity contribution < 1.29 is 8.42 Å². The minimum Gasteiger partial charge on any atom is -0.195 e. The van der Waals surface area contributed by atoms with Crippen LogP contribution in [0.15, 0.2) is 12.7 Å². The Bertz CT molecular complexity index is 430. The molecule has 1 aliphatic heterocycles. The smallest absolute Gasteiger partial charge is 0.195 e. The SMILES string of the molecule is C=CCN(CC1CCCCC1)S(=O)(=O)N1CCC[C@@H](C)C1. The first-order valence-electron chi connectivity index (χ1n) is 8.40. The van der Waals surface area contributed by atoms with Crippen LogP contribution >= 0.6 is 0 Å². The van der Waals surface area contributed by atoms with E-state index in [2.05, 4.69) is 13.5 Å². The predicted octanol–water partition coefficient (Wildman–Crippen LogP) is 3.03. The van der Waals surface area contributed by atoms with Crippen molar-refractivity contribution in [1.29, 1.82) is 0 Å². The molecule has 0 unspecified atom stereocenters. The summed E-state index contributed by atoms with van der Waals surface area (Å²) in [4.78, 5) is 0. The molecule has 1 saturated heterocycles. The van der Waals surface area contributed by atoms with E-state index in [1.54, 1.807) is 14.7 Å². The molecule has 0 N–H and O–H groups in total. The van der Waals surface area contributed by atoms with Crippen LogP contribution in [0.4, 0.5) is 0 Å². The molecule has 5 heteroatoms. The highest BCUT2D eigenvalue weighted by Crippen LogP contribution is 2.27. The Balaban J connectivity index is 2.05. The van der Waals surface area contributed by atoms with Crippen LogP contribution in [0.3, 0.4) is 0 Å². The Kier molecular flexibility index (Phi) is 6.26. The molecule has 0 bridgehead atoms. The summed E-state index contributed by atoms with van der Waals surface area (Å²) in [5, 5.41) is 0. The second kappa shape index (κ2) is 7.75. The maximum atomic E-state index is 12.9. The van der Waals surface area contributed by atoms with Crippen LogP contribution in [-0.4, -0.2) is 43.2 Å². The number of rotatable bonds is 6. The minimum atomic E-state index is -3.32. The second-order valence-corrected chi connectivity index (χ2v) is 8.65. The molecule has 1 atom stereocenters. The lowest BCUT2D eigenvalue weighted by molar-refractivity contribution is 0.241. The summed E-state index contributed by atoms with van der Waals surface area (Å²) in [6, 6.07) is 0. The van der Waals surface area contributed by atoms with Crippen LogP contribution in [0, 0.1) is 11.8 Å². The Hall–Kier alpha value is -0.390. The average molecular weight is 314 g/mol. The van der Waals surface area contributed by atoms with Crippen molar-refractivity contribution in [3.05, 3.63) is 12.7 Å². The standard InChI is InChI=1S/C16H30N2O2S/c1-3-11-17(14-16-9-5-4-6-10-16)21(19,20)18-12-7-8-15(2)13-18/h3,15-16H,1,4-14H2,2H3/t15-/m1/s1. The highest BCUT2D eigenvalue weighted by atomic mass is 32.2. The zero-order valence-electron chi connectivity index (χ0n) is 13.3. The first-order valence-corrected chi connectivity index (χ1v) is 9.80. The molecule has 122 valence electrons. The number of nitrogens with zero attached hydrogens (tertiary/aromatic N) is 2. The average Bonchev–Trinajstić information content (AvgIpc) is 2.48. The Morgan fingerprint density at radius 2 is 1.90 bits per heavy atom. The van der Waals surface area contributed by atoms with E-state index in [0.717, 1.165) is 12.8 Å². The van der Waals surface area contributed by atoms with E-state index in [-0.39, 0.29) is 0 Å². The van der Waals surface area contributed by atoms with Gasteiger partial charge < -0.3 is 0 Å². The molecule has 0 aromatic carbocycles. The van der Waals surface area contributed by atoms with Gasteiger partial charge in [0.1, 0.15) is 0 Å². The van der Waals surface area contributed by atoms with Crippen molar-refractivity contribution in [2.24, 2.45) is 11.8 Å². The maximum Gasteiger partial charge on any atom is 0.282 e. The molecular formula is C16H30N2O2S. The zero-order valence-corrected chi connectivity index (χ0v) is 14.2. The molecule has 2 aliphatic rings. The van der Waals surface area contributed by atoms with E-state index in [1.165, 1.54) is 32.1 Å². The summed E-state index contributed by atoms with van der Waals surface area (Å²) in [5.41, 5.74) is 0. The molecule has 4 nitrogen and oxygen atoms in total. The lowest BCUT2D eigenvalue weighted by Crippen LogP contribution is -2.49. The van der Waals surface area contributed by atoms with E-state index < -0.39 is 10.2 Å². The number of hydrogen-bond acceptors (Lipinski definition) is 2. The first-order chi connectivity index (χ1) is 10.0. The third-order valence-corrected chi connectivity index (χ3v) is 6.73. The van der Waals surface area contributed by atoms with Gasteiger partial charge >= 0.3 is 0 Å². The van der Waals surface area contributed by atoms with Gasteiger partial charge in [0.15, 0.2) is 0 Å². The second-order valence-electron chi connectivity index (χ2n) is 6.72. The molecule has 21 heavy (non-hydrogen) atoms. The van der Waals surface area contributed by atoms with Crippen LogP contribution in [0.2, 0.25) is 0 Å². The van der Waals surface area contributed by atoms with Crippen LogP contribution in [0.1, 0.15) is 51.9 Å². The van der Waals surface area contributed by atoms with E-state index in [9.17, 15) is 8.42 Å². The largest absolute Gasteiger partial charge is 0.282 e. The lowest BCUT2D eigenvalue weighted by atomic mass is 9.89. The fourth-order valence-corrected chi connectivity index (χ4v) is 5.41. The molecule has 2 fully saturated rings. The van der Waals surface area contributed by atoms with E-state index in [4.69, 9.17) is 0 Å². The van der Waals surface area contributed by atoms with Gasteiger partial charge in [-0.2, -0.15) is 17.0 Å². The van der Waals surface area contributed by atoms with Crippen LogP contribution < -0.4 is 0 Å². The van der Waals surface area contributed by atoms with Crippen molar-refractivity contribution in [3.63, 3.8) is 0 Å². The quantitative estimate of drug-likeness (QED) is 0.707. The van der Waals surface area contributed by atoms with Gasteiger partial charge in [0, 0.05) is 26.2 Å². The topological polar surface area (TPSA) is 40.6 Å². The Morgan fingerprint density at radius 1 is 1.19 bits per heavy atom. The summed E-state index contributed by atoms with van der Waals surface area (Å²) in [6.45, 7) is 8.32. The molecule has 1 aliphatic carbocycles. The monoisotopic (exact) mass is 314 g/mol. The van der Waals surface area contributed by atoms with E-state index >= 15 is 0 Å². The summed E-state index contributed by atoms with van der Waals surface area (Å²) in [5.74, 6) is 0.990. The molecule has 0 aromatic heterocycles. The van der Waals surface area contributed by atoms with Gasteiger partial charge in [-0.05, 0) is 37.5 Å². The molecule has 2 rings (SSSR count). The molecule has 0 aromatic rings. The zero-order chi connectivity index (χ0) is 15.3. The highest BCUT2D eigenvalue weighted by molar-refractivity contribution is 7.86. The minimum absolute atomic E-state index is 0.434. The van der Waals surface area contributed by atoms with Gasteiger partial charge in [0.2, 0.25) is 0 Å². The molecule has 0 amide bonds. The van der Waals surface area contributed by atoms with Crippen molar-refractivity contribution in [2.45, 2.75) is 51.9 Å². The van der Waals surface area contributed by atoms with Gasteiger partial charge in [-0.1, -0.05) is 32.3 Å². The van der Waals surface area contributed by atoms with Crippen molar-refractivity contribution >= 4 is 10.2 Å². The van der Waals surface area contributed by atoms with Gasteiger partial charge in [0.25, 0.3) is 10.2 Å². The van der Waals surface area contributed by atoms with Gasteiger partial charge in [0.05, 0.1) is 0 Å². The summed E-state index contributed by atoms with van der Waals surface area (Å²) < 4.78 is 29.1. The molecule has 0 radical (unpaired) electrons. The third-order valence-electron chi connectivity index (χ3n) is 4.79. The lowest BCUT2D eigenvalue weighted by Gasteiger charge is -2.36. The first kappa shape index (κ1) is 17.0. The van der Waals surface area contributed by atoms with Crippen LogP contribution in [-0.2, 0) is 10.2 Å². The molecule has 0 spiro atoms. The van der Waals surface area contributed by atoms with Gasteiger partial charge in [-0.3, -0.25) is 0 Å². The van der Waals surface area contributed by atoms with Crippen molar-refractivity contribution in [1.82, 2.24) is 8.61 Å². The Labute approximate surface area is 130 Å². The van der Waals surface area contributed by atoms with Crippen molar-refractivity contribution in [3.8, 4) is 0 Å². The maximum absolute atomic E-state index is 12.9. The van der Waals surface area contributed by atoms with Gasteiger partial charge in [-0.15, -0.1) is 6.58 Å². The van der Waals surface area contributed by atoms with Crippen LogP contribution in [0.5, 0.6) is 0 Å². The summed E-state index contributed by atoms with van der Waals surface area (Å²) >= 11 is 0. The summed E-state index contributed by atoms with van der Waals surface area (Å²) in [6.07, 6.45) is 9.95. The summed E-state index contributed by atoms with van der Waals surface area (Å²) in [7, 11) is -3.32. The molecule has 1 saturated carbocycles. The normalized spacial score (nSPS) is 26.1. The van der Waals surface area contributed by atoms with Crippen LogP contribution in [0.25, 0.3) is 0 Å².